The molecule has 2 N–H and O–H groups in total. The predicted octanol–water partition coefficient (Wildman–Crippen LogP) is 3.25. The lowest BCUT2D eigenvalue weighted by Gasteiger charge is -2.31. The van der Waals surface area contributed by atoms with Crippen LogP contribution in [0, 0.1) is 11.8 Å². The molecule has 0 aliphatic carbocycles. The fourth-order valence-corrected chi connectivity index (χ4v) is 6.30. The lowest BCUT2D eigenvalue weighted by Crippen LogP contribution is -2.57. The van der Waals surface area contributed by atoms with Crippen molar-refractivity contribution in [2.75, 3.05) is 19.8 Å². The average Bonchev–Trinajstić information content (AvgIpc) is 3.42. The number of hydrogen-bond donors (Lipinski definition) is 2. The van der Waals surface area contributed by atoms with E-state index in [0.29, 0.717) is 6.61 Å². The fraction of sp³-hybridized carbons (Fsp3) is 0.435. The summed E-state index contributed by atoms with van der Waals surface area (Å²) in [5.41, 5.74) is -0.794. The molecule has 170 valence electrons. The van der Waals surface area contributed by atoms with Crippen LogP contribution in [0.15, 0.2) is 46.3 Å². The number of carbonyl (C=O) groups excluding carboxylic acids is 2. The van der Waals surface area contributed by atoms with Crippen molar-refractivity contribution >= 4 is 45.1 Å². The molecule has 1 aromatic carbocycles. The number of thiophene rings is 1. The van der Waals surface area contributed by atoms with Gasteiger partial charge in [-0.15, -0.1) is 11.3 Å². The number of carboxylic acids is 1. The lowest BCUT2D eigenvalue weighted by atomic mass is 9.76. The van der Waals surface area contributed by atoms with Crippen LogP contribution in [-0.4, -0.2) is 53.1 Å². The molecular weight excluding hydrogens is 496 g/mol. The van der Waals surface area contributed by atoms with Crippen LogP contribution < -0.4 is 5.32 Å². The van der Waals surface area contributed by atoms with Crippen molar-refractivity contribution in [3.63, 3.8) is 0 Å². The first-order valence-corrected chi connectivity index (χ1v) is 12.2. The Bertz CT molecular complexity index is 1010. The Kier molecular flexibility index (Phi) is 6.80. The summed E-state index contributed by atoms with van der Waals surface area (Å²) < 4.78 is 6.37. The minimum Gasteiger partial charge on any atom is -0.480 e. The first kappa shape index (κ1) is 23.1. The molecule has 1 aromatic heterocycles. The van der Waals surface area contributed by atoms with Crippen LogP contribution in [0.5, 0.6) is 0 Å². The van der Waals surface area contributed by atoms with Crippen LogP contribution in [0.1, 0.15) is 29.8 Å². The zero-order valence-corrected chi connectivity index (χ0v) is 20.0. The van der Waals surface area contributed by atoms with Gasteiger partial charge in [0.25, 0.3) is 0 Å². The number of halogens is 1. The highest BCUT2D eigenvalue weighted by Gasteiger charge is 2.68. The maximum absolute atomic E-state index is 13.5. The third kappa shape index (κ3) is 4.03. The number of likely N-dealkylation sites (tertiary alicyclic amines) is 1. The molecule has 4 unspecified atom stereocenters. The molecule has 3 heterocycles. The van der Waals surface area contributed by atoms with Crippen LogP contribution in [0.2, 0.25) is 0 Å². The summed E-state index contributed by atoms with van der Waals surface area (Å²) in [7, 11) is 0. The van der Waals surface area contributed by atoms with Crippen LogP contribution in [-0.2, 0) is 25.5 Å². The summed E-state index contributed by atoms with van der Waals surface area (Å²) >= 11 is 4.88. The van der Waals surface area contributed by atoms with Gasteiger partial charge in [0, 0.05) is 17.9 Å². The Morgan fingerprint density at radius 2 is 1.94 bits per heavy atom. The van der Waals surface area contributed by atoms with Crippen LogP contribution in [0.3, 0.4) is 0 Å². The van der Waals surface area contributed by atoms with E-state index in [1.807, 2.05) is 49.4 Å². The van der Waals surface area contributed by atoms with Crippen molar-refractivity contribution in [1.82, 2.24) is 10.2 Å². The number of nitrogens with zero attached hydrogens (tertiary/aromatic N) is 1. The second-order valence-electron chi connectivity index (χ2n) is 8.15. The van der Waals surface area contributed by atoms with E-state index in [0.717, 1.165) is 20.6 Å². The number of rotatable bonds is 9. The first-order chi connectivity index (χ1) is 15.4. The maximum atomic E-state index is 13.5. The van der Waals surface area contributed by atoms with Crippen molar-refractivity contribution in [1.29, 1.82) is 0 Å². The highest BCUT2D eigenvalue weighted by Crippen LogP contribution is 2.51. The molecule has 4 rings (SSSR count). The van der Waals surface area contributed by atoms with E-state index in [1.165, 1.54) is 16.2 Å². The van der Waals surface area contributed by atoms with Crippen LogP contribution in [0.25, 0.3) is 0 Å². The largest absolute Gasteiger partial charge is 0.480 e. The third-order valence-corrected chi connectivity index (χ3v) is 7.87. The summed E-state index contributed by atoms with van der Waals surface area (Å²) in [5.74, 6) is -3.68. The Balaban J connectivity index is 1.73. The Hall–Kier alpha value is -2.07. The highest BCUT2D eigenvalue weighted by atomic mass is 79.9. The molecule has 0 radical (unpaired) electrons. The number of ether oxygens (including phenoxy) is 1. The molecule has 4 atom stereocenters. The number of hydrogen-bond acceptors (Lipinski definition) is 6. The van der Waals surface area contributed by atoms with Gasteiger partial charge in [-0.2, -0.15) is 0 Å². The number of benzene rings is 1. The monoisotopic (exact) mass is 520 g/mol. The van der Waals surface area contributed by atoms with Crippen molar-refractivity contribution in [2.45, 2.75) is 31.3 Å². The van der Waals surface area contributed by atoms with E-state index in [9.17, 15) is 19.5 Å². The zero-order chi connectivity index (χ0) is 22.9. The molecule has 2 aromatic rings. The molecule has 32 heavy (non-hydrogen) atoms. The van der Waals surface area contributed by atoms with Crippen LogP contribution >= 0.6 is 27.3 Å². The molecule has 9 heteroatoms. The minimum atomic E-state index is -1.58. The second-order valence-corrected chi connectivity index (χ2v) is 10.6. The molecule has 0 bridgehead atoms. The van der Waals surface area contributed by atoms with Crippen LogP contribution in [0.4, 0.5) is 0 Å². The van der Waals surface area contributed by atoms with E-state index in [1.54, 1.807) is 0 Å². The SMILES string of the molecule is CCCOCCN1C(=O)C2C(c3ccc(Br)s3)NC(Cc3ccccc3)(C(=O)O)C2C1=O. The first-order valence-electron chi connectivity index (χ1n) is 10.6. The summed E-state index contributed by atoms with van der Waals surface area (Å²) in [6.45, 7) is 2.90. The second kappa shape index (κ2) is 9.43. The quantitative estimate of drug-likeness (QED) is 0.389. The third-order valence-electron chi connectivity index (χ3n) is 6.16. The zero-order valence-electron chi connectivity index (χ0n) is 17.6. The van der Waals surface area contributed by atoms with Gasteiger partial charge in [-0.3, -0.25) is 24.6 Å². The fourth-order valence-electron chi connectivity index (χ4n) is 4.78. The number of imide groups is 1. The van der Waals surface area contributed by atoms with Gasteiger partial charge in [0.15, 0.2) is 0 Å². The van der Waals surface area contributed by atoms with E-state index in [-0.39, 0.29) is 25.5 Å². The molecule has 2 saturated heterocycles. The predicted molar refractivity (Wildman–Crippen MR) is 123 cm³/mol. The lowest BCUT2D eigenvalue weighted by molar-refractivity contribution is -0.151. The molecule has 2 fully saturated rings. The van der Waals surface area contributed by atoms with Crippen molar-refractivity contribution in [3.8, 4) is 0 Å². The van der Waals surface area contributed by atoms with Gasteiger partial charge in [-0.25, -0.2) is 0 Å². The van der Waals surface area contributed by atoms with Gasteiger partial charge >= 0.3 is 5.97 Å². The van der Waals surface area contributed by atoms with Gasteiger partial charge < -0.3 is 9.84 Å². The Morgan fingerprint density at radius 1 is 1.19 bits per heavy atom. The van der Waals surface area contributed by atoms with E-state index < -0.39 is 35.3 Å². The molecule has 2 aliphatic rings. The average molecular weight is 521 g/mol. The van der Waals surface area contributed by atoms with Crippen molar-refractivity contribution in [3.05, 3.63) is 56.7 Å². The highest BCUT2D eigenvalue weighted by molar-refractivity contribution is 9.11. The molecule has 0 saturated carbocycles. The number of carboxylic acid groups (broad SMARTS) is 1. The number of fused-ring (bicyclic) bond motifs is 1. The summed E-state index contributed by atoms with van der Waals surface area (Å²) in [5, 5.41) is 13.6. The summed E-state index contributed by atoms with van der Waals surface area (Å²) in [6.07, 6.45) is 0.943. The number of carbonyl (C=O) groups is 3. The van der Waals surface area contributed by atoms with E-state index in [4.69, 9.17) is 4.74 Å². The molecule has 2 amide bonds. The summed E-state index contributed by atoms with van der Waals surface area (Å²) in [6, 6.07) is 12.4. The van der Waals surface area contributed by atoms with Crippen molar-refractivity contribution < 1.29 is 24.2 Å². The van der Waals surface area contributed by atoms with E-state index >= 15 is 0 Å². The minimum absolute atomic E-state index is 0.104. The van der Waals surface area contributed by atoms with Crippen molar-refractivity contribution in [2.24, 2.45) is 11.8 Å². The standard InChI is InChI=1S/C23H25BrN2O5S/c1-2-11-31-12-10-26-20(27)17-18(21(26)28)23(22(29)30,13-14-6-4-3-5-7-14)25-19(17)15-8-9-16(24)32-15/h3-9,17-19,25H,2,10-13H2,1H3,(H,29,30). The number of aliphatic carboxylic acids is 1. The Labute approximate surface area is 198 Å². The van der Waals surface area contributed by atoms with Gasteiger partial charge in [-0.1, -0.05) is 37.3 Å². The van der Waals surface area contributed by atoms with Gasteiger partial charge in [0.05, 0.1) is 34.8 Å². The molecule has 7 nitrogen and oxygen atoms in total. The van der Waals surface area contributed by atoms with Gasteiger partial charge in [0.1, 0.15) is 5.54 Å². The molecule has 0 spiro atoms. The molecular formula is C23H25BrN2O5S. The smallest absolute Gasteiger partial charge is 0.325 e. The summed E-state index contributed by atoms with van der Waals surface area (Å²) in [4.78, 5) is 41.7. The number of nitrogens with one attached hydrogen (secondary N) is 1. The Morgan fingerprint density at radius 3 is 2.56 bits per heavy atom. The van der Waals surface area contributed by atoms with E-state index in [2.05, 4.69) is 21.2 Å². The maximum Gasteiger partial charge on any atom is 0.325 e. The van der Waals surface area contributed by atoms with Gasteiger partial charge in [0.2, 0.25) is 11.8 Å². The van der Waals surface area contributed by atoms with Gasteiger partial charge in [-0.05, 0) is 40.0 Å². The number of amides is 2. The molecule has 2 aliphatic heterocycles. The topological polar surface area (TPSA) is 95.9 Å². The normalized spacial score (nSPS) is 27.2.